The molecule has 2 aromatic heterocycles. The van der Waals surface area contributed by atoms with Crippen LogP contribution in [0.5, 0.6) is 0 Å². The molecule has 1 aromatic carbocycles. The Labute approximate surface area is 167 Å². The molecule has 1 aliphatic heterocycles. The Kier molecular flexibility index (Phi) is 5.41. The molecule has 1 atom stereocenters. The van der Waals surface area contributed by atoms with Gasteiger partial charge in [0.15, 0.2) is 0 Å². The Bertz CT molecular complexity index is 949. The molecule has 7 heteroatoms. The Hall–Kier alpha value is -2.67. The lowest BCUT2D eigenvalue weighted by Crippen LogP contribution is -2.24. The molecule has 0 bridgehead atoms. The predicted octanol–water partition coefficient (Wildman–Crippen LogP) is 5.06. The first kappa shape index (κ1) is 19.6. The van der Waals surface area contributed by atoms with Crippen LogP contribution < -0.4 is 0 Å². The zero-order chi connectivity index (χ0) is 20.4. The van der Waals surface area contributed by atoms with Gasteiger partial charge in [0, 0.05) is 18.1 Å². The van der Waals surface area contributed by atoms with Crippen LogP contribution in [-0.4, -0.2) is 26.4 Å². The fraction of sp³-hybridized carbons (Fsp3) is 0.364. The molecule has 0 radical (unpaired) electrons. The standard InChI is InChI=1S/C22H23F3N4/c1-15-11-17(12-16-4-6-18(7-5-16)22(23,24)25)13-19(28-15)20-3-2-10-29(20)14-21-26-8-9-27-21/h4-9,11,13,20H,2-3,10,12,14H2,1H3,(H,26,27)/t20-/m1/s1. The van der Waals surface area contributed by atoms with E-state index in [0.29, 0.717) is 6.42 Å². The molecule has 1 aliphatic rings. The largest absolute Gasteiger partial charge is 0.416 e. The Morgan fingerprint density at radius 1 is 1.14 bits per heavy atom. The summed E-state index contributed by atoms with van der Waals surface area (Å²) in [4.78, 5) is 14.6. The molecule has 3 heterocycles. The number of imidazole rings is 1. The molecule has 0 amide bonds. The van der Waals surface area contributed by atoms with Crippen LogP contribution in [-0.2, 0) is 19.1 Å². The molecule has 1 fully saturated rings. The third-order valence-corrected chi connectivity index (χ3v) is 5.34. The Morgan fingerprint density at radius 3 is 2.62 bits per heavy atom. The van der Waals surface area contributed by atoms with Crippen LogP contribution in [0.2, 0.25) is 0 Å². The second-order valence-corrected chi connectivity index (χ2v) is 7.58. The van der Waals surface area contributed by atoms with Crippen molar-refractivity contribution in [2.24, 2.45) is 0 Å². The molecule has 0 saturated carbocycles. The molecule has 152 valence electrons. The zero-order valence-corrected chi connectivity index (χ0v) is 16.2. The molecular formula is C22H23F3N4. The molecule has 4 rings (SSSR count). The van der Waals surface area contributed by atoms with Crippen LogP contribution in [0.4, 0.5) is 13.2 Å². The number of H-pyrrole nitrogens is 1. The van der Waals surface area contributed by atoms with Crippen molar-refractivity contribution in [2.75, 3.05) is 6.54 Å². The smallest absolute Gasteiger partial charge is 0.348 e. The number of benzene rings is 1. The lowest BCUT2D eigenvalue weighted by atomic mass is 10.0. The maximum absolute atomic E-state index is 12.8. The van der Waals surface area contributed by atoms with E-state index in [-0.39, 0.29) is 6.04 Å². The molecule has 1 N–H and O–H groups in total. The summed E-state index contributed by atoms with van der Waals surface area (Å²) in [5.74, 6) is 0.939. The maximum atomic E-state index is 12.8. The minimum atomic E-state index is -4.31. The summed E-state index contributed by atoms with van der Waals surface area (Å²) in [6.45, 7) is 3.71. The minimum absolute atomic E-state index is 0.228. The minimum Gasteiger partial charge on any atom is -0.348 e. The quantitative estimate of drug-likeness (QED) is 0.651. The number of pyridine rings is 1. The van der Waals surface area contributed by atoms with Gasteiger partial charge in [-0.25, -0.2) is 4.98 Å². The number of alkyl halides is 3. The third-order valence-electron chi connectivity index (χ3n) is 5.34. The number of hydrogen-bond donors (Lipinski definition) is 1. The maximum Gasteiger partial charge on any atom is 0.416 e. The first-order valence-electron chi connectivity index (χ1n) is 9.74. The number of halogens is 3. The van der Waals surface area contributed by atoms with Gasteiger partial charge in [-0.15, -0.1) is 0 Å². The summed E-state index contributed by atoms with van der Waals surface area (Å²) in [5, 5.41) is 0. The van der Waals surface area contributed by atoms with Crippen molar-refractivity contribution in [2.45, 2.75) is 44.9 Å². The van der Waals surface area contributed by atoms with Gasteiger partial charge in [-0.2, -0.15) is 13.2 Å². The highest BCUT2D eigenvalue weighted by Crippen LogP contribution is 2.33. The summed E-state index contributed by atoms with van der Waals surface area (Å²) in [7, 11) is 0. The van der Waals surface area contributed by atoms with E-state index in [2.05, 4.69) is 20.9 Å². The van der Waals surface area contributed by atoms with Gasteiger partial charge in [-0.3, -0.25) is 9.88 Å². The van der Waals surface area contributed by atoms with Gasteiger partial charge in [-0.1, -0.05) is 12.1 Å². The van der Waals surface area contributed by atoms with Crippen molar-refractivity contribution in [3.8, 4) is 0 Å². The highest BCUT2D eigenvalue weighted by molar-refractivity contribution is 5.32. The zero-order valence-electron chi connectivity index (χ0n) is 16.2. The number of nitrogens with zero attached hydrogens (tertiary/aromatic N) is 3. The summed E-state index contributed by atoms with van der Waals surface area (Å²) in [6.07, 6.45) is 2.01. The van der Waals surface area contributed by atoms with Gasteiger partial charge >= 0.3 is 6.18 Å². The number of aryl methyl sites for hydroxylation is 1. The van der Waals surface area contributed by atoms with Crippen LogP contribution in [0.1, 0.15) is 52.8 Å². The van der Waals surface area contributed by atoms with Crippen molar-refractivity contribution in [1.82, 2.24) is 19.9 Å². The topological polar surface area (TPSA) is 44.8 Å². The van der Waals surface area contributed by atoms with Crippen LogP contribution in [0.3, 0.4) is 0 Å². The lowest BCUT2D eigenvalue weighted by molar-refractivity contribution is -0.137. The van der Waals surface area contributed by atoms with Crippen LogP contribution in [0.25, 0.3) is 0 Å². The van der Waals surface area contributed by atoms with E-state index in [1.807, 2.05) is 19.2 Å². The van der Waals surface area contributed by atoms with E-state index in [1.165, 1.54) is 0 Å². The molecule has 4 nitrogen and oxygen atoms in total. The van der Waals surface area contributed by atoms with Gasteiger partial charge in [0.05, 0.1) is 23.8 Å². The fourth-order valence-electron chi connectivity index (χ4n) is 4.02. The van der Waals surface area contributed by atoms with Crippen LogP contribution in [0, 0.1) is 6.92 Å². The predicted molar refractivity (Wildman–Crippen MR) is 104 cm³/mol. The average molecular weight is 400 g/mol. The van der Waals surface area contributed by atoms with E-state index >= 15 is 0 Å². The molecule has 0 spiro atoms. The number of likely N-dealkylation sites (tertiary alicyclic amines) is 1. The molecule has 0 unspecified atom stereocenters. The van der Waals surface area contributed by atoms with E-state index in [0.717, 1.165) is 66.4 Å². The van der Waals surface area contributed by atoms with Crippen molar-refractivity contribution in [3.63, 3.8) is 0 Å². The van der Waals surface area contributed by atoms with Crippen molar-refractivity contribution < 1.29 is 13.2 Å². The molecule has 29 heavy (non-hydrogen) atoms. The number of rotatable bonds is 5. The normalized spacial score (nSPS) is 17.7. The number of aromatic nitrogens is 3. The van der Waals surface area contributed by atoms with Gasteiger partial charge in [0.2, 0.25) is 0 Å². The molecular weight excluding hydrogens is 377 g/mol. The van der Waals surface area contributed by atoms with E-state index in [1.54, 1.807) is 18.3 Å². The van der Waals surface area contributed by atoms with Crippen LogP contribution >= 0.6 is 0 Å². The van der Waals surface area contributed by atoms with E-state index < -0.39 is 11.7 Å². The second kappa shape index (κ2) is 7.99. The molecule has 1 saturated heterocycles. The monoisotopic (exact) mass is 400 g/mol. The fourth-order valence-corrected chi connectivity index (χ4v) is 4.02. The van der Waals surface area contributed by atoms with Crippen LogP contribution in [0.15, 0.2) is 48.8 Å². The Morgan fingerprint density at radius 2 is 1.93 bits per heavy atom. The SMILES string of the molecule is Cc1cc(Cc2ccc(C(F)(F)F)cc2)cc([C@H]2CCCN2Cc2ncc[nH]2)n1. The highest BCUT2D eigenvalue weighted by atomic mass is 19.4. The average Bonchev–Trinajstić information content (AvgIpc) is 3.33. The summed E-state index contributed by atoms with van der Waals surface area (Å²) in [5.41, 5.74) is 3.25. The third kappa shape index (κ3) is 4.67. The first-order chi connectivity index (χ1) is 13.9. The van der Waals surface area contributed by atoms with Gasteiger partial charge in [0.25, 0.3) is 0 Å². The second-order valence-electron chi connectivity index (χ2n) is 7.58. The van der Waals surface area contributed by atoms with Gasteiger partial charge in [0.1, 0.15) is 5.82 Å². The summed E-state index contributed by atoms with van der Waals surface area (Å²) < 4.78 is 38.3. The van der Waals surface area contributed by atoms with Crippen molar-refractivity contribution >= 4 is 0 Å². The number of aromatic amines is 1. The van der Waals surface area contributed by atoms with Gasteiger partial charge < -0.3 is 4.98 Å². The molecule has 0 aliphatic carbocycles. The highest BCUT2D eigenvalue weighted by Gasteiger charge is 2.30. The molecule has 3 aromatic rings. The first-order valence-corrected chi connectivity index (χ1v) is 9.74. The number of nitrogens with one attached hydrogen (secondary N) is 1. The van der Waals surface area contributed by atoms with Crippen molar-refractivity contribution in [3.05, 3.63) is 82.7 Å². The summed E-state index contributed by atoms with van der Waals surface area (Å²) >= 11 is 0. The lowest BCUT2D eigenvalue weighted by Gasteiger charge is -2.24. The number of hydrogen-bond acceptors (Lipinski definition) is 3. The Balaban J connectivity index is 1.53. The summed E-state index contributed by atoms with van der Waals surface area (Å²) in [6, 6.07) is 9.72. The van der Waals surface area contributed by atoms with E-state index in [9.17, 15) is 13.2 Å². The van der Waals surface area contributed by atoms with E-state index in [4.69, 9.17) is 4.98 Å². The van der Waals surface area contributed by atoms with Crippen molar-refractivity contribution in [1.29, 1.82) is 0 Å². The van der Waals surface area contributed by atoms with Gasteiger partial charge in [-0.05, 0) is 68.1 Å².